The van der Waals surface area contributed by atoms with Crippen LogP contribution in [0.25, 0.3) is 0 Å². The number of hydrogen-bond acceptors (Lipinski definition) is 5. The van der Waals surface area contributed by atoms with Gasteiger partial charge < -0.3 is 14.2 Å². The maximum atomic E-state index is 12.0. The van der Waals surface area contributed by atoms with Gasteiger partial charge >= 0.3 is 11.9 Å². The number of benzene rings is 2. The van der Waals surface area contributed by atoms with E-state index in [1.54, 1.807) is 36.4 Å². The molecule has 0 amide bonds. The van der Waals surface area contributed by atoms with Gasteiger partial charge in [-0.3, -0.25) is 0 Å². The molecule has 0 heterocycles. The lowest BCUT2D eigenvalue weighted by Crippen LogP contribution is -2.18. The summed E-state index contributed by atoms with van der Waals surface area (Å²) in [7, 11) is 0. The molecule has 0 N–H and O–H groups in total. The first-order valence-electron chi connectivity index (χ1n) is 8.22. The number of carbonyl (C=O) groups excluding carboxylic acids is 2. The molecule has 0 saturated carbocycles. The fourth-order valence-electron chi connectivity index (χ4n) is 2.02. The number of hydrogen-bond donors (Lipinski definition) is 0. The van der Waals surface area contributed by atoms with Gasteiger partial charge in [-0.15, -0.1) is 0 Å². The lowest BCUT2D eigenvalue weighted by Gasteiger charge is -2.10. The van der Waals surface area contributed by atoms with Gasteiger partial charge in [-0.25, -0.2) is 9.59 Å². The van der Waals surface area contributed by atoms with Gasteiger partial charge in [-0.05, 0) is 54.8 Å². The summed E-state index contributed by atoms with van der Waals surface area (Å²) >= 11 is 5.95. The fraction of sp³-hybridized carbons (Fsp3) is 0.300. The van der Waals surface area contributed by atoms with Crippen LogP contribution < -0.4 is 9.47 Å². The van der Waals surface area contributed by atoms with Gasteiger partial charge in [-0.2, -0.15) is 0 Å². The standard InChI is InChI=1S/C20H21ClO5/c1-13(2)11-25-20(23)15-5-4-6-17(10-15)26-19(22)12-24-16-7-8-18(21)14(3)9-16/h4-10,13H,11-12H2,1-3H3. The molecule has 138 valence electrons. The molecule has 2 aromatic carbocycles. The minimum atomic E-state index is -0.578. The van der Waals surface area contributed by atoms with Crippen LogP contribution in [-0.4, -0.2) is 25.2 Å². The molecular weight excluding hydrogens is 356 g/mol. The Morgan fingerprint density at radius 1 is 1.08 bits per heavy atom. The van der Waals surface area contributed by atoms with Crippen molar-refractivity contribution in [3.8, 4) is 11.5 Å². The van der Waals surface area contributed by atoms with Crippen LogP contribution in [0.15, 0.2) is 42.5 Å². The minimum Gasteiger partial charge on any atom is -0.482 e. The molecule has 0 saturated heterocycles. The molecule has 5 nitrogen and oxygen atoms in total. The largest absolute Gasteiger partial charge is 0.482 e. The Morgan fingerprint density at radius 2 is 1.85 bits per heavy atom. The summed E-state index contributed by atoms with van der Waals surface area (Å²) in [5, 5.41) is 0.626. The third-order valence-corrected chi connectivity index (χ3v) is 3.76. The summed E-state index contributed by atoms with van der Waals surface area (Å²) in [6.45, 7) is 5.82. The molecule has 2 rings (SSSR count). The summed E-state index contributed by atoms with van der Waals surface area (Å²) in [6.07, 6.45) is 0. The number of rotatable bonds is 7. The molecule has 6 heteroatoms. The molecule has 0 fully saturated rings. The highest BCUT2D eigenvalue weighted by Crippen LogP contribution is 2.21. The third kappa shape index (κ3) is 6.08. The van der Waals surface area contributed by atoms with Crippen molar-refractivity contribution in [2.24, 2.45) is 5.92 Å². The van der Waals surface area contributed by atoms with E-state index in [0.717, 1.165) is 5.56 Å². The first-order valence-corrected chi connectivity index (χ1v) is 8.59. The Labute approximate surface area is 157 Å². The lowest BCUT2D eigenvalue weighted by atomic mass is 10.2. The van der Waals surface area contributed by atoms with Gasteiger partial charge in [0.2, 0.25) is 0 Å². The number of halogens is 1. The van der Waals surface area contributed by atoms with Crippen molar-refractivity contribution in [3.05, 3.63) is 58.6 Å². The van der Waals surface area contributed by atoms with Gasteiger partial charge in [0.05, 0.1) is 12.2 Å². The average molecular weight is 377 g/mol. The second-order valence-electron chi connectivity index (χ2n) is 6.19. The maximum Gasteiger partial charge on any atom is 0.349 e. The molecule has 0 atom stereocenters. The number of aryl methyl sites for hydroxylation is 1. The quantitative estimate of drug-likeness (QED) is 0.528. The highest BCUT2D eigenvalue weighted by Gasteiger charge is 2.12. The third-order valence-electron chi connectivity index (χ3n) is 3.34. The van der Waals surface area contributed by atoms with E-state index in [9.17, 15) is 9.59 Å². The molecule has 0 bridgehead atoms. The molecule has 0 aromatic heterocycles. The zero-order valence-electron chi connectivity index (χ0n) is 15.0. The molecule has 0 aliphatic heterocycles. The van der Waals surface area contributed by atoms with Crippen molar-refractivity contribution in [1.29, 1.82) is 0 Å². The van der Waals surface area contributed by atoms with Crippen LogP contribution in [-0.2, 0) is 9.53 Å². The van der Waals surface area contributed by atoms with Crippen LogP contribution >= 0.6 is 11.6 Å². The van der Waals surface area contributed by atoms with Crippen molar-refractivity contribution in [1.82, 2.24) is 0 Å². The van der Waals surface area contributed by atoms with Crippen LogP contribution in [0.1, 0.15) is 29.8 Å². The van der Waals surface area contributed by atoms with E-state index in [4.69, 9.17) is 25.8 Å². The van der Waals surface area contributed by atoms with E-state index in [-0.39, 0.29) is 18.3 Å². The molecule has 2 aromatic rings. The highest BCUT2D eigenvalue weighted by atomic mass is 35.5. The molecule has 0 aliphatic rings. The van der Waals surface area contributed by atoms with E-state index in [1.807, 2.05) is 20.8 Å². The number of carbonyl (C=O) groups is 2. The van der Waals surface area contributed by atoms with Crippen molar-refractivity contribution >= 4 is 23.5 Å². The van der Waals surface area contributed by atoms with Crippen LogP contribution in [0, 0.1) is 12.8 Å². The van der Waals surface area contributed by atoms with E-state index in [2.05, 4.69) is 0 Å². The van der Waals surface area contributed by atoms with Gasteiger partial charge in [0, 0.05) is 5.02 Å². The first kappa shape index (κ1) is 19.8. The van der Waals surface area contributed by atoms with Crippen LogP contribution in [0.4, 0.5) is 0 Å². The van der Waals surface area contributed by atoms with E-state index < -0.39 is 11.9 Å². The summed E-state index contributed by atoms with van der Waals surface area (Å²) < 4.78 is 15.8. The normalized spacial score (nSPS) is 10.5. The Bertz CT molecular complexity index is 786. The van der Waals surface area contributed by atoms with Gasteiger partial charge in [-0.1, -0.05) is 31.5 Å². The van der Waals surface area contributed by atoms with Crippen molar-refractivity contribution in [3.63, 3.8) is 0 Å². The zero-order chi connectivity index (χ0) is 19.1. The predicted molar refractivity (Wildman–Crippen MR) is 98.9 cm³/mol. The molecule has 0 spiro atoms. The fourth-order valence-corrected chi connectivity index (χ4v) is 2.14. The van der Waals surface area contributed by atoms with Crippen LogP contribution in [0.5, 0.6) is 11.5 Å². The predicted octanol–water partition coefficient (Wildman–Crippen LogP) is 4.45. The van der Waals surface area contributed by atoms with Crippen LogP contribution in [0.2, 0.25) is 5.02 Å². The summed E-state index contributed by atoms with van der Waals surface area (Å²) in [4.78, 5) is 23.9. The SMILES string of the molecule is Cc1cc(OCC(=O)Oc2cccc(C(=O)OCC(C)C)c2)ccc1Cl. The summed E-state index contributed by atoms with van der Waals surface area (Å²) in [5.74, 6) is -0.0110. The zero-order valence-corrected chi connectivity index (χ0v) is 15.7. The number of ether oxygens (including phenoxy) is 3. The highest BCUT2D eigenvalue weighted by molar-refractivity contribution is 6.31. The Morgan fingerprint density at radius 3 is 2.54 bits per heavy atom. The Kier molecular flexibility index (Phi) is 7.04. The van der Waals surface area contributed by atoms with Crippen molar-refractivity contribution in [2.75, 3.05) is 13.2 Å². The molecule has 0 unspecified atom stereocenters. The van der Waals surface area contributed by atoms with E-state index in [0.29, 0.717) is 22.9 Å². The summed E-state index contributed by atoms with van der Waals surface area (Å²) in [6, 6.07) is 11.4. The van der Waals surface area contributed by atoms with E-state index >= 15 is 0 Å². The first-order chi connectivity index (χ1) is 12.3. The second kappa shape index (κ2) is 9.25. The lowest BCUT2D eigenvalue weighted by molar-refractivity contribution is -0.136. The minimum absolute atomic E-state index is 0.244. The van der Waals surface area contributed by atoms with Gasteiger partial charge in [0.15, 0.2) is 6.61 Å². The summed E-state index contributed by atoms with van der Waals surface area (Å²) in [5.41, 5.74) is 1.18. The van der Waals surface area contributed by atoms with Gasteiger partial charge in [0.1, 0.15) is 11.5 Å². The molecule has 0 radical (unpaired) electrons. The molecule has 26 heavy (non-hydrogen) atoms. The Balaban J connectivity index is 1.91. The second-order valence-corrected chi connectivity index (χ2v) is 6.60. The van der Waals surface area contributed by atoms with Crippen molar-refractivity contribution < 1.29 is 23.8 Å². The number of esters is 2. The van der Waals surface area contributed by atoms with Crippen LogP contribution in [0.3, 0.4) is 0 Å². The monoisotopic (exact) mass is 376 g/mol. The maximum absolute atomic E-state index is 12.0. The Hall–Kier alpha value is -2.53. The average Bonchev–Trinajstić information content (AvgIpc) is 2.61. The van der Waals surface area contributed by atoms with Gasteiger partial charge in [0.25, 0.3) is 0 Å². The van der Waals surface area contributed by atoms with Crippen molar-refractivity contribution in [2.45, 2.75) is 20.8 Å². The molecular formula is C20H21ClO5. The molecule has 0 aliphatic carbocycles. The topological polar surface area (TPSA) is 61.8 Å². The smallest absolute Gasteiger partial charge is 0.349 e. The van der Waals surface area contributed by atoms with E-state index in [1.165, 1.54) is 6.07 Å².